The van der Waals surface area contributed by atoms with Gasteiger partial charge in [-0.2, -0.15) is 0 Å². The summed E-state index contributed by atoms with van der Waals surface area (Å²) < 4.78 is 23.7. The normalized spacial score (nSPS) is 21.1. The number of aliphatic hydroxyl groups excluding tert-OH is 1. The van der Waals surface area contributed by atoms with Crippen LogP contribution in [0.1, 0.15) is 29.0 Å². The quantitative estimate of drug-likeness (QED) is 0.153. The molecular formula is C40H50N2O5. The summed E-state index contributed by atoms with van der Waals surface area (Å²) in [5.41, 5.74) is 3.58. The Hall–Kier alpha value is -3.30. The van der Waals surface area contributed by atoms with Gasteiger partial charge in [-0.1, -0.05) is 84.9 Å². The van der Waals surface area contributed by atoms with E-state index in [1.165, 1.54) is 21.9 Å². The molecule has 0 bridgehead atoms. The minimum atomic E-state index is -0.489. The van der Waals surface area contributed by atoms with Gasteiger partial charge in [0.2, 0.25) is 0 Å². The maximum absolute atomic E-state index is 11.8. The summed E-state index contributed by atoms with van der Waals surface area (Å²) in [7, 11) is 0. The van der Waals surface area contributed by atoms with E-state index in [9.17, 15) is 5.11 Å². The minimum Gasteiger partial charge on any atom is -0.494 e. The lowest BCUT2D eigenvalue weighted by atomic mass is 9.71. The molecule has 7 heteroatoms. The van der Waals surface area contributed by atoms with Gasteiger partial charge in [-0.25, -0.2) is 0 Å². The fourth-order valence-electron chi connectivity index (χ4n) is 7.01. The zero-order valence-corrected chi connectivity index (χ0v) is 27.5. The molecule has 0 spiro atoms. The van der Waals surface area contributed by atoms with Crippen molar-refractivity contribution < 1.29 is 24.1 Å². The van der Waals surface area contributed by atoms with Gasteiger partial charge in [-0.05, 0) is 51.9 Å². The van der Waals surface area contributed by atoms with Gasteiger partial charge < -0.3 is 29.4 Å². The van der Waals surface area contributed by atoms with Crippen molar-refractivity contribution in [2.24, 2.45) is 11.8 Å². The molecule has 2 N–H and O–H groups in total. The first-order valence-electron chi connectivity index (χ1n) is 17.3. The Morgan fingerprint density at radius 1 is 0.787 bits per heavy atom. The van der Waals surface area contributed by atoms with E-state index in [1.807, 2.05) is 18.2 Å². The first-order chi connectivity index (χ1) is 23.2. The van der Waals surface area contributed by atoms with E-state index in [2.05, 4.69) is 89.1 Å². The second-order valence-corrected chi connectivity index (χ2v) is 12.9. The molecule has 2 saturated heterocycles. The van der Waals surface area contributed by atoms with Crippen molar-refractivity contribution >= 4 is 10.8 Å². The summed E-state index contributed by atoms with van der Waals surface area (Å²) in [6.07, 6.45) is 0.957. The molecule has 47 heavy (non-hydrogen) atoms. The lowest BCUT2D eigenvalue weighted by molar-refractivity contribution is 0.00150. The molecule has 2 fully saturated rings. The summed E-state index contributed by atoms with van der Waals surface area (Å²) in [5, 5.41) is 17.8. The van der Waals surface area contributed by atoms with Crippen molar-refractivity contribution in [1.82, 2.24) is 10.2 Å². The predicted molar refractivity (Wildman–Crippen MR) is 187 cm³/mol. The number of piperidine rings is 1. The van der Waals surface area contributed by atoms with Crippen LogP contribution in [0.5, 0.6) is 5.75 Å². The highest BCUT2D eigenvalue weighted by molar-refractivity contribution is 5.83. The van der Waals surface area contributed by atoms with Crippen LogP contribution in [0.2, 0.25) is 0 Å². The topological polar surface area (TPSA) is 72.4 Å². The Bertz CT molecular complexity index is 1480. The van der Waals surface area contributed by atoms with E-state index < -0.39 is 6.10 Å². The van der Waals surface area contributed by atoms with Crippen molar-refractivity contribution in [3.63, 3.8) is 0 Å². The van der Waals surface area contributed by atoms with Crippen molar-refractivity contribution in [1.29, 1.82) is 0 Å². The van der Waals surface area contributed by atoms with Gasteiger partial charge in [0.25, 0.3) is 0 Å². The van der Waals surface area contributed by atoms with E-state index in [4.69, 9.17) is 18.9 Å². The van der Waals surface area contributed by atoms with E-state index in [0.29, 0.717) is 39.5 Å². The highest BCUT2D eigenvalue weighted by atomic mass is 16.5. The molecular weight excluding hydrogens is 588 g/mol. The van der Waals surface area contributed by atoms with Crippen LogP contribution in [0.3, 0.4) is 0 Å². The molecule has 0 aromatic heterocycles. The summed E-state index contributed by atoms with van der Waals surface area (Å²) >= 11 is 0. The van der Waals surface area contributed by atoms with Gasteiger partial charge in [0, 0.05) is 51.0 Å². The van der Waals surface area contributed by atoms with Crippen molar-refractivity contribution in [3.8, 4) is 5.75 Å². The number of nitrogens with one attached hydrogen (secondary N) is 1. The van der Waals surface area contributed by atoms with Crippen molar-refractivity contribution in [2.45, 2.75) is 31.5 Å². The number of benzene rings is 4. The second kappa shape index (κ2) is 17.7. The fraction of sp³-hybridized carbons (Fsp3) is 0.450. The molecule has 2 heterocycles. The van der Waals surface area contributed by atoms with Gasteiger partial charge in [-0.15, -0.1) is 0 Å². The number of rotatable bonds is 16. The molecule has 0 radical (unpaired) electrons. The maximum Gasteiger partial charge on any atom is 0.119 e. The van der Waals surface area contributed by atoms with Gasteiger partial charge in [-0.3, -0.25) is 4.90 Å². The third-order valence-corrected chi connectivity index (χ3v) is 9.57. The minimum absolute atomic E-state index is 0.0524. The van der Waals surface area contributed by atoms with Gasteiger partial charge in [0.1, 0.15) is 5.75 Å². The number of ether oxygens (including phenoxy) is 4. The van der Waals surface area contributed by atoms with Crippen LogP contribution in [-0.4, -0.2) is 88.5 Å². The zero-order chi connectivity index (χ0) is 32.1. The number of aliphatic hydroxyl groups is 1. The molecule has 1 unspecified atom stereocenters. The largest absolute Gasteiger partial charge is 0.494 e. The molecule has 4 aromatic carbocycles. The molecule has 6 rings (SSSR count). The lowest BCUT2D eigenvalue weighted by Crippen LogP contribution is -2.49. The van der Waals surface area contributed by atoms with Crippen LogP contribution in [-0.2, 0) is 27.2 Å². The molecule has 4 aromatic rings. The fourth-order valence-corrected chi connectivity index (χ4v) is 7.01. The molecule has 7 nitrogen and oxygen atoms in total. The number of hydrogen-bond donors (Lipinski definition) is 2. The standard InChI is InChI=1S/C40H50N2O5/c43-39(26-32-11-12-33-9-4-5-10-35(33)25-32)38-28-41-27-36(30-46-24-19-42-17-22-44-23-18-42)40(38)34-13-15-37(16-14-34)47-21-6-20-45-29-31-7-2-1-3-8-31/h1-5,7-16,25,36,38-41,43H,6,17-24,26-30H2/t36-,38+,39?,40-/m0/s1. The molecule has 4 atom stereocenters. The third-order valence-electron chi connectivity index (χ3n) is 9.57. The molecule has 0 aliphatic carbocycles. The van der Waals surface area contributed by atoms with Gasteiger partial charge >= 0.3 is 0 Å². The summed E-state index contributed by atoms with van der Waals surface area (Å²) in [5.74, 6) is 1.32. The van der Waals surface area contributed by atoms with E-state index in [1.54, 1.807) is 0 Å². The Morgan fingerprint density at radius 3 is 2.40 bits per heavy atom. The Morgan fingerprint density at radius 2 is 1.57 bits per heavy atom. The van der Waals surface area contributed by atoms with Crippen molar-refractivity contribution in [2.75, 3.05) is 72.4 Å². The zero-order valence-electron chi connectivity index (χ0n) is 27.5. The summed E-state index contributed by atoms with van der Waals surface area (Å²) in [4.78, 5) is 2.41. The number of fused-ring (bicyclic) bond motifs is 1. The average molecular weight is 639 g/mol. The predicted octanol–water partition coefficient (Wildman–Crippen LogP) is 5.70. The van der Waals surface area contributed by atoms with Crippen LogP contribution in [0, 0.1) is 11.8 Å². The Kier molecular flexibility index (Phi) is 12.7. The number of morpholine rings is 1. The number of nitrogens with zero attached hydrogens (tertiary/aromatic N) is 1. The molecule has 0 saturated carbocycles. The van der Waals surface area contributed by atoms with Gasteiger partial charge in [0.05, 0.1) is 52.4 Å². The number of hydrogen-bond acceptors (Lipinski definition) is 7. The van der Waals surface area contributed by atoms with E-state index in [-0.39, 0.29) is 17.8 Å². The maximum atomic E-state index is 11.8. The van der Waals surface area contributed by atoms with E-state index in [0.717, 1.165) is 63.7 Å². The van der Waals surface area contributed by atoms with Crippen LogP contribution in [0.25, 0.3) is 10.8 Å². The summed E-state index contributed by atoms with van der Waals surface area (Å²) in [6, 6.07) is 33.7. The van der Waals surface area contributed by atoms with E-state index >= 15 is 0 Å². The molecule has 2 aliphatic rings. The SMILES string of the molecule is OC(Cc1ccc2ccccc2c1)[C@H]1CNC[C@@H](COCCN2CCOCC2)[C@@H]1c1ccc(OCCCOCc2ccccc2)cc1. The molecule has 2 aliphatic heterocycles. The van der Waals surface area contributed by atoms with Crippen LogP contribution in [0.4, 0.5) is 0 Å². The summed E-state index contributed by atoms with van der Waals surface area (Å²) in [6.45, 7) is 9.33. The molecule has 0 amide bonds. The van der Waals surface area contributed by atoms with Gasteiger partial charge in [0.15, 0.2) is 0 Å². The smallest absolute Gasteiger partial charge is 0.119 e. The highest BCUT2D eigenvalue weighted by Crippen LogP contribution is 2.38. The highest BCUT2D eigenvalue weighted by Gasteiger charge is 2.38. The first kappa shape index (κ1) is 33.6. The van der Waals surface area contributed by atoms with Crippen LogP contribution < -0.4 is 10.1 Å². The lowest BCUT2D eigenvalue weighted by Gasteiger charge is -2.41. The Balaban J connectivity index is 1.07. The monoisotopic (exact) mass is 638 g/mol. The average Bonchev–Trinajstić information content (AvgIpc) is 3.12. The first-order valence-corrected chi connectivity index (χ1v) is 17.3. The van der Waals surface area contributed by atoms with Crippen LogP contribution >= 0.6 is 0 Å². The molecule has 250 valence electrons. The van der Waals surface area contributed by atoms with Crippen molar-refractivity contribution in [3.05, 3.63) is 114 Å². The third kappa shape index (κ3) is 9.86. The second-order valence-electron chi connectivity index (χ2n) is 12.9. The van der Waals surface area contributed by atoms with Crippen LogP contribution in [0.15, 0.2) is 97.1 Å². The Labute approximate surface area is 279 Å².